The molecule has 0 fully saturated rings. The molecular weight excluding hydrogens is 340 g/mol. The van der Waals surface area contributed by atoms with E-state index in [0.717, 1.165) is 13.0 Å². The number of amides is 1. The zero-order valence-corrected chi connectivity index (χ0v) is 15.5. The average molecular weight is 364 g/mol. The SMILES string of the molecule is CC(C)(C)NS(=O)(=O)c1ccc(C(=O)NCCCn2ccnc2)cc1. The molecule has 0 unspecified atom stereocenters. The van der Waals surface area contributed by atoms with Crippen LogP contribution >= 0.6 is 0 Å². The van der Waals surface area contributed by atoms with Crippen LogP contribution in [0.4, 0.5) is 0 Å². The molecule has 0 saturated carbocycles. The summed E-state index contributed by atoms with van der Waals surface area (Å²) in [4.78, 5) is 16.2. The van der Waals surface area contributed by atoms with Crippen molar-refractivity contribution >= 4 is 15.9 Å². The number of aromatic nitrogens is 2. The molecule has 0 aliphatic rings. The molecule has 8 heteroatoms. The fourth-order valence-corrected chi connectivity index (χ4v) is 3.65. The van der Waals surface area contributed by atoms with Gasteiger partial charge in [-0.15, -0.1) is 0 Å². The highest BCUT2D eigenvalue weighted by Crippen LogP contribution is 2.14. The topological polar surface area (TPSA) is 93.1 Å². The minimum atomic E-state index is -3.60. The molecule has 0 spiro atoms. The van der Waals surface area contributed by atoms with Crippen LogP contribution in [0, 0.1) is 0 Å². The summed E-state index contributed by atoms with van der Waals surface area (Å²) in [5, 5.41) is 2.82. The maximum Gasteiger partial charge on any atom is 0.251 e. The van der Waals surface area contributed by atoms with Crippen molar-refractivity contribution in [1.82, 2.24) is 19.6 Å². The van der Waals surface area contributed by atoms with E-state index < -0.39 is 15.6 Å². The first-order valence-electron chi connectivity index (χ1n) is 8.05. The summed E-state index contributed by atoms with van der Waals surface area (Å²) >= 11 is 0. The van der Waals surface area contributed by atoms with Crippen molar-refractivity contribution in [3.63, 3.8) is 0 Å². The standard InChI is InChI=1S/C17H24N4O3S/c1-17(2,3)20-25(23,24)15-7-5-14(6-8-15)16(22)19-9-4-11-21-12-10-18-13-21/h5-8,10,12-13,20H,4,9,11H2,1-3H3,(H,19,22). The van der Waals surface area contributed by atoms with Crippen LogP contribution in [0.5, 0.6) is 0 Å². The second-order valence-corrected chi connectivity index (χ2v) is 8.47. The normalized spacial score (nSPS) is 12.1. The van der Waals surface area contributed by atoms with Crippen molar-refractivity contribution in [2.24, 2.45) is 0 Å². The van der Waals surface area contributed by atoms with Crippen molar-refractivity contribution in [2.45, 2.75) is 44.2 Å². The van der Waals surface area contributed by atoms with Crippen molar-refractivity contribution in [3.05, 3.63) is 48.5 Å². The summed E-state index contributed by atoms with van der Waals surface area (Å²) in [6.07, 6.45) is 6.09. The van der Waals surface area contributed by atoms with Gasteiger partial charge in [0.2, 0.25) is 10.0 Å². The molecule has 0 atom stereocenters. The Labute approximate surface area is 148 Å². The van der Waals surface area contributed by atoms with Crippen LogP contribution in [-0.4, -0.2) is 36.0 Å². The van der Waals surface area contributed by atoms with E-state index in [4.69, 9.17) is 0 Å². The van der Waals surface area contributed by atoms with E-state index in [1.165, 1.54) is 24.3 Å². The zero-order valence-electron chi connectivity index (χ0n) is 14.7. The van der Waals surface area contributed by atoms with Gasteiger partial charge in [0.25, 0.3) is 5.91 Å². The van der Waals surface area contributed by atoms with Crippen LogP contribution in [0.15, 0.2) is 47.9 Å². The fourth-order valence-electron chi connectivity index (χ4n) is 2.23. The number of nitrogens with zero attached hydrogens (tertiary/aromatic N) is 2. The van der Waals surface area contributed by atoms with Gasteiger partial charge in [-0.1, -0.05) is 0 Å². The van der Waals surface area contributed by atoms with Crippen LogP contribution < -0.4 is 10.0 Å². The predicted octanol–water partition coefficient (Wildman–Crippen LogP) is 1.78. The summed E-state index contributed by atoms with van der Waals surface area (Å²) in [5.41, 5.74) is -0.137. The van der Waals surface area contributed by atoms with Crippen molar-refractivity contribution in [3.8, 4) is 0 Å². The highest BCUT2D eigenvalue weighted by Gasteiger charge is 2.22. The smallest absolute Gasteiger partial charge is 0.251 e. The third-order valence-electron chi connectivity index (χ3n) is 3.31. The Morgan fingerprint density at radius 2 is 1.88 bits per heavy atom. The lowest BCUT2D eigenvalue weighted by Crippen LogP contribution is -2.40. The first kappa shape index (κ1) is 19.1. The first-order chi connectivity index (χ1) is 11.7. The molecule has 2 rings (SSSR count). The lowest BCUT2D eigenvalue weighted by atomic mass is 10.1. The van der Waals surface area contributed by atoms with Gasteiger partial charge in [0.15, 0.2) is 0 Å². The quantitative estimate of drug-likeness (QED) is 0.733. The average Bonchev–Trinajstić information content (AvgIpc) is 3.02. The lowest BCUT2D eigenvalue weighted by molar-refractivity contribution is 0.0952. The molecule has 1 aromatic carbocycles. The monoisotopic (exact) mass is 364 g/mol. The summed E-state index contributed by atoms with van der Waals surface area (Å²) < 4.78 is 29.0. The summed E-state index contributed by atoms with van der Waals surface area (Å²) in [7, 11) is -3.60. The molecule has 1 aromatic heterocycles. The first-order valence-corrected chi connectivity index (χ1v) is 9.54. The number of rotatable bonds is 7. The lowest BCUT2D eigenvalue weighted by Gasteiger charge is -2.20. The Balaban J connectivity index is 1.89. The second kappa shape index (κ2) is 7.79. The van der Waals surface area contributed by atoms with Gasteiger partial charge >= 0.3 is 0 Å². The summed E-state index contributed by atoms with van der Waals surface area (Å²) in [5.74, 6) is -0.224. The van der Waals surface area contributed by atoms with Crippen LogP contribution in [0.2, 0.25) is 0 Å². The number of aryl methyl sites for hydroxylation is 1. The number of nitrogens with one attached hydrogen (secondary N) is 2. The molecular formula is C17H24N4O3S. The molecule has 0 radical (unpaired) electrons. The van der Waals surface area contributed by atoms with E-state index in [1.807, 2.05) is 10.8 Å². The van der Waals surface area contributed by atoms with Gasteiger partial charge in [-0.3, -0.25) is 4.79 Å². The Morgan fingerprint density at radius 1 is 1.20 bits per heavy atom. The van der Waals surface area contributed by atoms with Gasteiger partial charge in [-0.2, -0.15) is 0 Å². The van der Waals surface area contributed by atoms with Gasteiger partial charge in [0.1, 0.15) is 0 Å². The number of hydrogen-bond acceptors (Lipinski definition) is 4. The Morgan fingerprint density at radius 3 is 2.44 bits per heavy atom. The largest absolute Gasteiger partial charge is 0.352 e. The fraction of sp³-hybridized carbons (Fsp3) is 0.412. The molecule has 0 aliphatic carbocycles. The van der Waals surface area contributed by atoms with Crippen molar-refractivity contribution < 1.29 is 13.2 Å². The van der Waals surface area contributed by atoms with Crippen molar-refractivity contribution in [1.29, 1.82) is 0 Å². The maximum atomic E-state index is 12.2. The van der Waals surface area contributed by atoms with E-state index in [2.05, 4.69) is 15.0 Å². The highest BCUT2D eigenvalue weighted by molar-refractivity contribution is 7.89. The zero-order chi connectivity index (χ0) is 18.5. The minimum absolute atomic E-state index is 0.138. The molecule has 2 aromatic rings. The van der Waals surface area contributed by atoms with Crippen LogP contribution in [0.3, 0.4) is 0 Å². The minimum Gasteiger partial charge on any atom is -0.352 e. The number of carbonyl (C=O) groups is 1. The molecule has 0 saturated heterocycles. The summed E-state index contributed by atoms with van der Waals surface area (Å²) in [6, 6.07) is 5.91. The van der Waals surface area contributed by atoms with E-state index in [-0.39, 0.29) is 10.8 Å². The Hall–Kier alpha value is -2.19. The molecule has 2 N–H and O–H groups in total. The number of sulfonamides is 1. The van der Waals surface area contributed by atoms with E-state index in [1.54, 1.807) is 33.3 Å². The molecule has 1 heterocycles. The second-order valence-electron chi connectivity index (χ2n) is 6.79. The van der Waals surface area contributed by atoms with Gasteiger partial charge in [-0.25, -0.2) is 18.1 Å². The van der Waals surface area contributed by atoms with Crippen molar-refractivity contribution in [2.75, 3.05) is 6.54 Å². The Bertz CT molecular complexity index is 791. The van der Waals surface area contributed by atoms with Gasteiger partial charge < -0.3 is 9.88 Å². The number of benzene rings is 1. The number of hydrogen-bond donors (Lipinski definition) is 2. The number of carbonyl (C=O) groups excluding carboxylic acids is 1. The van der Waals surface area contributed by atoms with E-state index in [0.29, 0.717) is 12.1 Å². The van der Waals surface area contributed by atoms with E-state index in [9.17, 15) is 13.2 Å². The van der Waals surface area contributed by atoms with E-state index >= 15 is 0 Å². The third kappa shape index (κ3) is 5.99. The molecule has 0 bridgehead atoms. The predicted molar refractivity (Wildman–Crippen MR) is 95.7 cm³/mol. The molecule has 1 amide bonds. The molecule has 136 valence electrons. The molecule has 25 heavy (non-hydrogen) atoms. The highest BCUT2D eigenvalue weighted by atomic mass is 32.2. The van der Waals surface area contributed by atoms with Gasteiger partial charge in [0, 0.05) is 36.6 Å². The molecule has 0 aliphatic heterocycles. The van der Waals surface area contributed by atoms with Gasteiger partial charge in [0.05, 0.1) is 11.2 Å². The third-order valence-corrected chi connectivity index (χ3v) is 5.08. The summed E-state index contributed by atoms with van der Waals surface area (Å²) in [6.45, 7) is 6.63. The molecule has 7 nitrogen and oxygen atoms in total. The van der Waals surface area contributed by atoms with Crippen LogP contribution in [0.25, 0.3) is 0 Å². The maximum absolute atomic E-state index is 12.2. The number of imidazole rings is 1. The van der Waals surface area contributed by atoms with Gasteiger partial charge in [-0.05, 0) is 51.5 Å². The Kier molecular flexibility index (Phi) is 5.97. The van der Waals surface area contributed by atoms with Crippen LogP contribution in [0.1, 0.15) is 37.6 Å². The van der Waals surface area contributed by atoms with Crippen LogP contribution in [-0.2, 0) is 16.6 Å².